The highest BCUT2D eigenvalue weighted by atomic mass is 127. The van der Waals surface area contributed by atoms with Crippen molar-refractivity contribution in [3.63, 3.8) is 0 Å². The summed E-state index contributed by atoms with van der Waals surface area (Å²) in [6.45, 7) is 3.66. The molecule has 0 aliphatic carbocycles. The molecule has 2 aromatic carbocycles. The maximum atomic E-state index is 12.0. The van der Waals surface area contributed by atoms with Crippen molar-refractivity contribution in [3.8, 4) is 5.75 Å². The first-order chi connectivity index (χ1) is 14.0. The molecule has 3 rings (SSSR count). The van der Waals surface area contributed by atoms with Crippen LogP contribution in [0.3, 0.4) is 0 Å². The Balaban J connectivity index is 1.54. The van der Waals surface area contributed by atoms with Crippen molar-refractivity contribution in [2.75, 3.05) is 32.8 Å². The average Bonchev–Trinajstić information content (AvgIpc) is 2.69. The van der Waals surface area contributed by atoms with E-state index in [0.717, 1.165) is 37.1 Å². The first-order valence-electron chi connectivity index (χ1n) is 8.99. The summed E-state index contributed by atoms with van der Waals surface area (Å²) in [6.07, 6.45) is 1.64. The summed E-state index contributed by atoms with van der Waals surface area (Å²) in [5.41, 5.74) is 4.53. The Morgan fingerprint density at radius 3 is 2.52 bits per heavy atom. The number of halogens is 3. The lowest BCUT2D eigenvalue weighted by atomic mass is 10.2. The third kappa shape index (κ3) is 7.35. The molecule has 0 unspecified atom stereocenters. The van der Waals surface area contributed by atoms with Crippen molar-refractivity contribution < 1.29 is 14.3 Å². The van der Waals surface area contributed by atoms with Crippen LogP contribution in [-0.4, -0.2) is 49.9 Å². The number of carbonyl (C=O) groups is 1. The van der Waals surface area contributed by atoms with E-state index in [-0.39, 0.29) is 5.91 Å². The number of hydrogen-bond donors (Lipinski definition) is 1. The van der Waals surface area contributed by atoms with E-state index in [1.165, 1.54) is 0 Å². The molecular formula is C20H20ClI2N3O3. The van der Waals surface area contributed by atoms with Crippen LogP contribution in [0.25, 0.3) is 0 Å². The van der Waals surface area contributed by atoms with E-state index in [0.29, 0.717) is 31.4 Å². The van der Waals surface area contributed by atoms with Crippen molar-refractivity contribution in [3.05, 3.63) is 59.7 Å². The maximum Gasteiger partial charge on any atom is 0.254 e. The van der Waals surface area contributed by atoms with Gasteiger partial charge in [0.2, 0.25) is 0 Å². The zero-order valence-corrected chi connectivity index (χ0v) is 20.6. The molecule has 1 saturated heterocycles. The van der Waals surface area contributed by atoms with Crippen LogP contribution < -0.4 is 10.2 Å². The second kappa shape index (κ2) is 11.4. The molecule has 1 amide bonds. The van der Waals surface area contributed by atoms with E-state index < -0.39 is 0 Å². The fourth-order valence-electron chi connectivity index (χ4n) is 2.70. The zero-order chi connectivity index (χ0) is 20.6. The molecular weight excluding hydrogens is 619 g/mol. The van der Waals surface area contributed by atoms with Crippen molar-refractivity contribution in [2.24, 2.45) is 5.10 Å². The van der Waals surface area contributed by atoms with E-state index >= 15 is 0 Å². The highest BCUT2D eigenvalue weighted by Crippen LogP contribution is 2.29. The first-order valence-corrected chi connectivity index (χ1v) is 11.5. The van der Waals surface area contributed by atoms with Crippen LogP contribution in [0.4, 0.5) is 0 Å². The molecule has 1 N–H and O–H groups in total. The normalized spacial score (nSPS) is 14.9. The van der Waals surface area contributed by atoms with Gasteiger partial charge in [0.1, 0.15) is 12.4 Å². The van der Waals surface area contributed by atoms with Crippen LogP contribution in [0.2, 0.25) is 5.02 Å². The van der Waals surface area contributed by atoms with Gasteiger partial charge in [-0.1, -0.05) is 23.7 Å². The summed E-state index contributed by atoms with van der Waals surface area (Å²) in [4.78, 5) is 14.0. The predicted molar refractivity (Wildman–Crippen MR) is 131 cm³/mol. The second-order valence-electron chi connectivity index (χ2n) is 6.41. The van der Waals surface area contributed by atoms with Crippen LogP contribution in [0.15, 0.2) is 41.5 Å². The lowest BCUT2D eigenvalue weighted by Gasteiger charge is -2.25. The van der Waals surface area contributed by atoms with E-state index in [2.05, 4.69) is 55.7 Å². The quantitative estimate of drug-likeness (QED) is 0.284. The Hall–Kier alpha value is -0.950. The lowest BCUT2D eigenvalue weighted by molar-refractivity contribution is -0.123. The van der Waals surface area contributed by atoms with E-state index in [4.69, 9.17) is 21.1 Å². The predicted octanol–water partition coefficient (Wildman–Crippen LogP) is 3.91. The van der Waals surface area contributed by atoms with E-state index in [1.807, 2.05) is 41.3 Å². The topological polar surface area (TPSA) is 63.2 Å². The lowest BCUT2D eigenvalue weighted by Crippen LogP contribution is -2.42. The summed E-state index contributed by atoms with van der Waals surface area (Å²) in [5, 5.41) is 4.79. The maximum absolute atomic E-state index is 12.0. The molecule has 1 fully saturated rings. The van der Waals surface area contributed by atoms with E-state index in [9.17, 15) is 4.79 Å². The third-order valence-electron chi connectivity index (χ3n) is 4.19. The Morgan fingerprint density at radius 2 is 1.86 bits per heavy atom. The molecule has 0 bridgehead atoms. The fourth-order valence-corrected chi connectivity index (χ4v) is 4.96. The summed E-state index contributed by atoms with van der Waals surface area (Å²) in [6, 6.07) is 11.5. The number of hydrazone groups is 1. The Morgan fingerprint density at radius 1 is 1.21 bits per heavy atom. The number of ether oxygens (including phenoxy) is 2. The van der Waals surface area contributed by atoms with Gasteiger partial charge in [-0.15, -0.1) is 0 Å². The minimum Gasteiger partial charge on any atom is -0.487 e. The number of hydrogen-bond acceptors (Lipinski definition) is 5. The standard InChI is InChI=1S/C20H20ClI2N3O3/c21-16-3-1-14(2-4-16)13-29-20-17(22)9-15(10-18(20)23)11-24-25-19(27)12-26-5-7-28-8-6-26/h1-4,9-11H,5-8,12-13H2,(H,25,27)/b24-11+. The van der Waals surface area contributed by atoms with Crippen molar-refractivity contribution in [1.29, 1.82) is 0 Å². The highest BCUT2D eigenvalue weighted by molar-refractivity contribution is 14.1. The number of carbonyl (C=O) groups excluding carboxylic acids is 1. The van der Waals surface area contributed by atoms with Crippen molar-refractivity contribution in [1.82, 2.24) is 10.3 Å². The number of amides is 1. The minimum absolute atomic E-state index is 0.129. The molecule has 0 atom stereocenters. The molecule has 0 radical (unpaired) electrons. The summed E-state index contributed by atoms with van der Waals surface area (Å²) >= 11 is 10.4. The molecule has 29 heavy (non-hydrogen) atoms. The van der Waals surface area contributed by atoms with Gasteiger partial charge < -0.3 is 9.47 Å². The van der Waals surface area contributed by atoms with Crippen LogP contribution in [-0.2, 0) is 16.1 Å². The van der Waals surface area contributed by atoms with Gasteiger partial charge in [-0.25, -0.2) is 5.43 Å². The van der Waals surface area contributed by atoms with E-state index in [1.54, 1.807) is 6.21 Å². The third-order valence-corrected chi connectivity index (χ3v) is 6.05. The average molecular weight is 640 g/mol. The number of morpholine rings is 1. The van der Waals surface area contributed by atoms with Crippen molar-refractivity contribution in [2.45, 2.75) is 6.61 Å². The van der Waals surface area contributed by atoms with Gasteiger partial charge in [0, 0.05) is 18.1 Å². The highest BCUT2D eigenvalue weighted by Gasteiger charge is 2.13. The second-order valence-corrected chi connectivity index (χ2v) is 9.17. The summed E-state index contributed by atoms with van der Waals surface area (Å²) in [7, 11) is 0. The van der Waals surface area contributed by atoms with Crippen LogP contribution in [0, 0.1) is 7.14 Å². The Labute approximate surface area is 202 Å². The largest absolute Gasteiger partial charge is 0.487 e. The molecule has 1 heterocycles. The molecule has 1 aliphatic rings. The number of nitrogens with one attached hydrogen (secondary N) is 1. The fraction of sp³-hybridized carbons (Fsp3) is 0.300. The van der Waals surface area contributed by atoms with Gasteiger partial charge in [-0.05, 0) is 80.6 Å². The molecule has 0 aromatic heterocycles. The molecule has 0 saturated carbocycles. The molecule has 154 valence electrons. The molecule has 0 spiro atoms. The monoisotopic (exact) mass is 639 g/mol. The summed E-state index contributed by atoms with van der Waals surface area (Å²) in [5.74, 6) is 0.699. The van der Waals surface area contributed by atoms with Gasteiger partial charge in [0.05, 0.1) is 33.1 Å². The SMILES string of the molecule is O=C(CN1CCOCC1)N/N=C/c1cc(I)c(OCc2ccc(Cl)cc2)c(I)c1. The van der Waals surface area contributed by atoms with Gasteiger partial charge in [-0.2, -0.15) is 5.10 Å². The number of rotatable bonds is 7. The summed E-state index contributed by atoms with van der Waals surface area (Å²) < 4.78 is 13.2. The van der Waals surface area contributed by atoms with Crippen LogP contribution >= 0.6 is 56.8 Å². The van der Waals surface area contributed by atoms with Gasteiger partial charge in [0.25, 0.3) is 5.91 Å². The molecule has 1 aliphatic heterocycles. The zero-order valence-electron chi connectivity index (χ0n) is 15.5. The van der Waals surface area contributed by atoms with Gasteiger partial charge >= 0.3 is 0 Å². The van der Waals surface area contributed by atoms with Crippen molar-refractivity contribution >= 4 is 68.9 Å². The first kappa shape index (κ1) is 22.7. The smallest absolute Gasteiger partial charge is 0.254 e. The number of benzene rings is 2. The molecule has 2 aromatic rings. The molecule has 6 nitrogen and oxygen atoms in total. The van der Waals surface area contributed by atoms with Crippen LogP contribution in [0.5, 0.6) is 5.75 Å². The Bertz CT molecular complexity index is 849. The minimum atomic E-state index is -0.129. The number of nitrogens with zero attached hydrogens (tertiary/aromatic N) is 2. The Kier molecular flexibility index (Phi) is 8.97. The molecule has 9 heteroatoms. The van der Waals surface area contributed by atoms with Crippen LogP contribution in [0.1, 0.15) is 11.1 Å². The van der Waals surface area contributed by atoms with Gasteiger partial charge in [-0.3, -0.25) is 9.69 Å². The van der Waals surface area contributed by atoms with Gasteiger partial charge in [0.15, 0.2) is 0 Å².